The summed E-state index contributed by atoms with van der Waals surface area (Å²) in [6.07, 6.45) is 5.22. The summed E-state index contributed by atoms with van der Waals surface area (Å²) in [7, 11) is 1.61. The van der Waals surface area contributed by atoms with Crippen molar-refractivity contribution in [3.63, 3.8) is 0 Å². The molecule has 0 aliphatic heterocycles. The van der Waals surface area contributed by atoms with Gasteiger partial charge in [-0.1, -0.05) is 63.9 Å². The van der Waals surface area contributed by atoms with Crippen LogP contribution in [0.1, 0.15) is 75.8 Å². The molecule has 2 atom stereocenters. The minimum absolute atomic E-state index is 0.0519. The lowest BCUT2D eigenvalue weighted by atomic mass is 10.0. The highest BCUT2D eigenvalue weighted by Gasteiger charge is 2.16. The zero-order valence-electron chi connectivity index (χ0n) is 16.3. The van der Waals surface area contributed by atoms with E-state index < -0.39 is 0 Å². The number of H-pyrrole nitrogens is 1. The van der Waals surface area contributed by atoms with Crippen molar-refractivity contribution in [1.29, 1.82) is 0 Å². The monoisotopic (exact) mass is 343 g/mol. The molecule has 0 saturated carbocycles. The maximum absolute atomic E-state index is 10.8. The summed E-state index contributed by atoms with van der Waals surface area (Å²) in [5.74, 6) is 0.802. The lowest BCUT2D eigenvalue weighted by Crippen LogP contribution is -2.09. The zero-order chi connectivity index (χ0) is 18.7. The smallest absolute Gasteiger partial charge is 0.248 e. The van der Waals surface area contributed by atoms with E-state index in [0.29, 0.717) is 0 Å². The van der Waals surface area contributed by atoms with Crippen LogP contribution in [0.25, 0.3) is 0 Å². The van der Waals surface area contributed by atoms with Crippen molar-refractivity contribution in [1.82, 2.24) is 4.98 Å². The molecule has 1 aliphatic rings. The Morgan fingerprint density at radius 1 is 1.12 bits per heavy atom. The molecule has 2 aromatic rings. The number of benzene rings is 1. The second-order valence-corrected chi connectivity index (χ2v) is 6.49. The molecule has 0 bridgehead atoms. The van der Waals surface area contributed by atoms with E-state index in [1.54, 1.807) is 24.3 Å². The molecule has 1 aliphatic carbocycles. The summed E-state index contributed by atoms with van der Waals surface area (Å²) in [4.78, 5) is 13.5. The lowest BCUT2D eigenvalue weighted by Gasteiger charge is -2.07. The van der Waals surface area contributed by atoms with Gasteiger partial charge in [-0.25, -0.2) is 0 Å². The van der Waals surface area contributed by atoms with Crippen molar-refractivity contribution in [2.45, 2.75) is 65.4 Å². The van der Waals surface area contributed by atoms with Crippen LogP contribution in [-0.4, -0.2) is 12.1 Å². The molecule has 3 nitrogen and oxygen atoms in total. The molecule has 1 N–H and O–H groups in total. The van der Waals surface area contributed by atoms with Crippen LogP contribution in [0.5, 0.6) is 0 Å². The first-order valence-corrected chi connectivity index (χ1v) is 9.33. The number of hydrogen-bond donors (Lipinski definition) is 1. The molecule has 3 rings (SSSR count). The predicted octanol–water partition coefficient (Wildman–Crippen LogP) is 5.63. The van der Waals surface area contributed by atoms with Gasteiger partial charge in [0.2, 0.25) is 5.56 Å². The molecule has 1 aromatic carbocycles. The Balaban J connectivity index is 0.000000208. The molecule has 1 aromatic heterocycles. The highest BCUT2D eigenvalue weighted by Crippen LogP contribution is 2.31. The maximum Gasteiger partial charge on any atom is 0.248 e. The van der Waals surface area contributed by atoms with Crippen LogP contribution < -0.4 is 5.56 Å². The summed E-state index contributed by atoms with van der Waals surface area (Å²) in [6.45, 7) is 8.55. The third-order valence-electron chi connectivity index (χ3n) is 4.52. The van der Waals surface area contributed by atoms with Crippen molar-refractivity contribution in [2.75, 3.05) is 7.11 Å². The number of pyridine rings is 1. The van der Waals surface area contributed by atoms with Gasteiger partial charge in [-0.15, -0.1) is 0 Å². The van der Waals surface area contributed by atoms with Gasteiger partial charge in [0, 0.05) is 18.9 Å². The van der Waals surface area contributed by atoms with E-state index in [1.807, 2.05) is 13.0 Å². The van der Waals surface area contributed by atoms with E-state index >= 15 is 0 Å². The average molecular weight is 344 g/mol. The van der Waals surface area contributed by atoms with Gasteiger partial charge in [-0.05, 0) is 42.9 Å². The number of methoxy groups -OCH3 is 1. The van der Waals surface area contributed by atoms with Gasteiger partial charge >= 0.3 is 0 Å². The van der Waals surface area contributed by atoms with Crippen LogP contribution >= 0.6 is 0 Å². The summed E-state index contributed by atoms with van der Waals surface area (Å²) in [5.41, 5.74) is 3.85. The van der Waals surface area contributed by atoms with Crippen molar-refractivity contribution in [2.24, 2.45) is 0 Å². The van der Waals surface area contributed by atoms with E-state index in [-0.39, 0.29) is 11.7 Å². The quantitative estimate of drug-likeness (QED) is 0.785. The average Bonchev–Trinajstić information content (AvgIpc) is 3.03. The molecule has 25 heavy (non-hydrogen) atoms. The van der Waals surface area contributed by atoms with E-state index in [4.69, 9.17) is 4.74 Å². The SMILES string of the molecule is CC1CCc2ccccc21.CCCC.COC(C)c1cccc(=O)[nH]1. The van der Waals surface area contributed by atoms with Crippen molar-refractivity contribution >= 4 is 0 Å². The van der Waals surface area contributed by atoms with E-state index in [1.165, 1.54) is 31.7 Å². The lowest BCUT2D eigenvalue weighted by molar-refractivity contribution is 0.116. The molecule has 2 unspecified atom stereocenters. The molecule has 138 valence electrons. The van der Waals surface area contributed by atoms with Gasteiger partial charge < -0.3 is 9.72 Å². The summed E-state index contributed by atoms with van der Waals surface area (Å²) in [5, 5.41) is 0. The summed E-state index contributed by atoms with van der Waals surface area (Å²) in [6, 6.07) is 13.8. The number of aryl methyl sites for hydroxylation is 1. The van der Waals surface area contributed by atoms with Crippen LogP contribution in [-0.2, 0) is 11.2 Å². The number of fused-ring (bicyclic) bond motifs is 1. The van der Waals surface area contributed by atoms with Crippen LogP contribution in [0, 0.1) is 0 Å². The fraction of sp³-hybridized carbons (Fsp3) is 0.500. The Labute approximate surface area is 152 Å². The molecule has 0 fully saturated rings. The van der Waals surface area contributed by atoms with Crippen molar-refractivity contribution in [3.05, 3.63) is 69.6 Å². The minimum Gasteiger partial charge on any atom is -0.376 e. The summed E-state index contributed by atoms with van der Waals surface area (Å²) >= 11 is 0. The highest BCUT2D eigenvalue weighted by molar-refractivity contribution is 5.33. The second kappa shape index (κ2) is 11.6. The second-order valence-electron chi connectivity index (χ2n) is 6.49. The molecule has 0 radical (unpaired) electrons. The predicted molar refractivity (Wildman–Crippen MR) is 106 cm³/mol. The first-order valence-electron chi connectivity index (χ1n) is 9.33. The van der Waals surface area contributed by atoms with Crippen LogP contribution in [0.3, 0.4) is 0 Å². The van der Waals surface area contributed by atoms with Crippen LogP contribution in [0.2, 0.25) is 0 Å². The number of ether oxygens (including phenoxy) is 1. The normalized spacial score (nSPS) is 16.0. The Bertz CT molecular complexity index is 661. The number of unbranched alkanes of at least 4 members (excludes halogenated alkanes) is 1. The van der Waals surface area contributed by atoms with E-state index in [0.717, 1.165) is 11.6 Å². The Morgan fingerprint density at radius 3 is 2.36 bits per heavy atom. The number of hydrogen-bond acceptors (Lipinski definition) is 2. The first-order chi connectivity index (χ1) is 12.0. The Hall–Kier alpha value is -1.87. The first kappa shape index (κ1) is 21.2. The van der Waals surface area contributed by atoms with Gasteiger partial charge in [0.15, 0.2) is 0 Å². The van der Waals surface area contributed by atoms with Gasteiger partial charge in [0.05, 0.1) is 6.10 Å². The van der Waals surface area contributed by atoms with Crippen molar-refractivity contribution < 1.29 is 4.74 Å². The highest BCUT2D eigenvalue weighted by atomic mass is 16.5. The Kier molecular flexibility index (Phi) is 9.86. The molecule has 3 heteroatoms. The molecule has 0 amide bonds. The topological polar surface area (TPSA) is 42.1 Å². The molecule has 0 saturated heterocycles. The molecular weight excluding hydrogens is 310 g/mol. The third-order valence-corrected chi connectivity index (χ3v) is 4.52. The number of nitrogens with one attached hydrogen (secondary N) is 1. The van der Waals surface area contributed by atoms with E-state index in [9.17, 15) is 4.79 Å². The van der Waals surface area contributed by atoms with Gasteiger partial charge in [0.1, 0.15) is 0 Å². The van der Waals surface area contributed by atoms with Gasteiger partial charge in [0.25, 0.3) is 0 Å². The minimum atomic E-state index is -0.0913. The van der Waals surface area contributed by atoms with Crippen molar-refractivity contribution in [3.8, 4) is 0 Å². The third kappa shape index (κ3) is 7.27. The molecular formula is C22H33NO2. The van der Waals surface area contributed by atoms with Crippen LogP contribution in [0.15, 0.2) is 47.3 Å². The largest absolute Gasteiger partial charge is 0.376 e. The van der Waals surface area contributed by atoms with Gasteiger partial charge in [-0.2, -0.15) is 0 Å². The molecule has 0 spiro atoms. The maximum atomic E-state index is 10.8. The Morgan fingerprint density at radius 2 is 1.80 bits per heavy atom. The number of aromatic amines is 1. The fourth-order valence-corrected chi connectivity index (χ4v) is 2.60. The molecule has 1 heterocycles. The standard InChI is InChI=1S/C10H12.C8H11NO2.C4H10/c1-8-6-7-9-4-2-3-5-10(8)9;1-6(11-2)7-4-3-5-8(10)9-7;1-3-4-2/h2-5,8H,6-7H2,1H3;3-6H,1-2H3,(H,9,10);3-4H2,1-2H3. The van der Waals surface area contributed by atoms with Crippen LogP contribution in [0.4, 0.5) is 0 Å². The zero-order valence-corrected chi connectivity index (χ0v) is 16.3. The fourth-order valence-electron chi connectivity index (χ4n) is 2.60. The number of rotatable bonds is 3. The van der Waals surface area contributed by atoms with Gasteiger partial charge in [-0.3, -0.25) is 4.79 Å². The van der Waals surface area contributed by atoms with E-state index in [2.05, 4.69) is 50.0 Å². The summed E-state index contributed by atoms with van der Waals surface area (Å²) < 4.78 is 5.02. The number of aromatic nitrogens is 1.